The number of carboxylic acids is 1. The van der Waals surface area contributed by atoms with E-state index in [-0.39, 0.29) is 6.42 Å². The molecular weight excluding hydrogens is 288 g/mol. The van der Waals surface area contributed by atoms with Crippen molar-refractivity contribution in [3.8, 4) is 11.8 Å². The molecule has 0 bridgehead atoms. The number of unbranched alkanes of at least 4 members (excludes halogenated alkanes) is 6. The summed E-state index contributed by atoms with van der Waals surface area (Å²) in [6, 6.07) is 0. The van der Waals surface area contributed by atoms with E-state index in [0.717, 1.165) is 64.2 Å². The van der Waals surface area contributed by atoms with Gasteiger partial charge < -0.3 is 10.2 Å². The highest BCUT2D eigenvalue weighted by Crippen LogP contribution is 2.04. The summed E-state index contributed by atoms with van der Waals surface area (Å²) < 4.78 is 0. The number of hydrogen-bond donors (Lipinski definition) is 2. The van der Waals surface area contributed by atoms with Gasteiger partial charge >= 0.3 is 5.97 Å². The fourth-order valence-electron chi connectivity index (χ4n) is 2.08. The van der Waals surface area contributed by atoms with E-state index in [4.69, 9.17) is 5.11 Å². The van der Waals surface area contributed by atoms with Crippen molar-refractivity contribution in [3.05, 3.63) is 24.3 Å². The summed E-state index contributed by atoms with van der Waals surface area (Å²) in [5.41, 5.74) is 0. The number of rotatable bonds is 13. The first kappa shape index (κ1) is 21.5. The van der Waals surface area contributed by atoms with Crippen molar-refractivity contribution >= 4 is 5.97 Å². The van der Waals surface area contributed by atoms with Crippen molar-refractivity contribution in [1.29, 1.82) is 0 Å². The van der Waals surface area contributed by atoms with Gasteiger partial charge in [-0.05, 0) is 57.4 Å². The average molecular weight is 320 g/mol. The third-order valence-electron chi connectivity index (χ3n) is 3.45. The van der Waals surface area contributed by atoms with Gasteiger partial charge in [-0.1, -0.05) is 49.8 Å². The predicted octanol–water partition coefficient (Wildman–Crippen LogP) is 4.86. The van der Waals surface area contributed by atoms with Crippen LogP contribution in [0.5, 0.6) is 0 Å². The quantitative estimate of drug-likeness (QED) is 0.289. The van der Waals surface area contributed by atoms with Crippen LogP contribution in [0.1, 0.15) is 77.6 Å². The first-order chi connectivity index (χ1) is 11.2. The summed E-state index contributed by atoms with van der Waals surface area (Å²) in [6.07, 6.45) is 17.9. The van der Waals surface area contributed by atoms with Crippen LogP contribution >= 0.6 is 0 Å². The van der Waals surface area contributed by atoms with Gasteiger partial charge in [0.15, 0.2) is 0 Å². The maximum absolute atomic E-state index is 10.3. The minimum atomic E-state index is -0.721. The molecule has 0 saturated heterocycles. The molecule has 0 unspecified atom stereocenters. The lowest BCUT2D eigenvalue weighted by Crippen LogP contribution is -2.01. The lowest BCUT2D eigenvalue weighted by molar-refractivity contribution is -0.137. The van der Waals surface area contributed by atoms with Crippen molar-refractivity contribution in [2.24, 2.45) is 0 Å². The highest BCUT2D eigenvalue weighted by Gasteiger charge is 1.96. The van der Waals surface area contributed by atoms with E-state index in [1.807, 2.05) is 6.08 Å². The Morgan fingerprint density at radius 2 is 1.65 bits per heavy atom. The molecule has 0 amide bonds. The van der Waals surface area contributed by atoms with E-state index in [9.17, 15) is 9.90 Å². The number of aliphatic hydroxyl groups is 1. The Bertz CT molecular complexity index is 399. The number of aliphatic hydroxyl groups excluding tert-OH is 1. The van der Waals surface area contributed by atoms with Crippen molar-refractivity contribution in [1.82, 2.24) is 0 Å². The van der Waals surface area contributed by atoms with Crippen LogP contribution in [0.2, 0.25) is 0 Å². The molecule has 2 N–H and O–H groups in total. The molecule has 3 heteroatoms. The highest BCUT2D eigenvalue weighted by molar-refractivity contribution is 5.66. The van der Waals surface area contributed by atoms with Crippen molar-refractivity contribution in [3.63, 3.8) is 0 Å². The topological polar surface area (TPSA) is 57.5 Å². The summed E-state index contributed by atoms with van der Waals surface area (Å²) in [6.45, 7) is 2.15. The molecule has 0 aromatic heterocycles. The molecule has 130 valence electrons. The van der Waals surface area contributed by atoms with Crippen molar-refractivity contribution in [2.45, 2.75) is 83.7 Å². The molecule has 0 spiro atoms. The zero-order valence-corrected chi connectivity index (χ0v) is 14.5. The molecule has 0 aliphatic heterocycles. The van der Waals surface area contributed by atoms with Gasteiger partial charge in [-0.15, -0.1) is 0 Å². The van der Waals surface area contributed by atoms with Gasteiger partial charge in [0.25, 0.3) is 0 Å². The van der Waals surface area contributed by atoms with Crippen LogP contribution in [0.15, 0.2) is 24.3 Å². The first-order valence-corrected chi connectivity index (χ1v) is 8.87. The van der Waals surface area contributed by atoms with Crippen LogP contribution < -0.4 is 0 Å². The first-order valence-electron chi connectivity index (χ1n) is 8.87. The number of hydrogen-bond acceptors (Lipinski definition) is 2. The van der Waals surface area contributed by atoms with Gasteiger partial charge in [0, 0.05) is 6.42 Å². The molecule has 0 aromatic carbocycles. The van der Waals surface area contributed by atoms with Gasteiger partial charge in [-0.2, -0.15) is 0 Å². The Kier molecular flexibility index (Phi) is 15.7. The fourth-order valence-corrected chi connectivity index (χ4v) is 2.08. The summed E-state index contributed by atoms with van der Waals surface area (Å²) in [5, 5.41) is 18.1. The molecular formula is C20H32O3. The molecule has 3 nitrogen and oxygen atoms in total. The lowest BCUT2D eigenvalue weighted by atomic mass is 10.1. The summed E-state index contributed by atoms with van der Waals surface area (Å²) in [4.78, 5) is 10.3. The van der Waals surface area contributed by atoms with Crippen molar-refractivity contribution in [2.75, 3.05) is 0 Å². The maximum atomic E-state index is 10.3. The number of aliphatic carboxylic acids is 1. The summed E-state index contributed by atoms with van der Waals surface area (Å²) in [7, 11) is 0. The maximum Gasteiger partial charge on any atom is 0.303 e. The van der Waals surface area contributed by atoms with E-state index in [1.165, 1.54) is 0 Å². The third-order valence-corrected chi connectivity index (χ3v) is 3.45. The zero-order valence-electron chi connectivity index (χ0n) is 14.5. The second-order valence-electron chi connectivity index (χ2n) is 5.74. The third kappa shape index (κ3) is 18.4. The minimum Gasteiger partial charge on any atom is -0.481 e. The Morgan fingerprint density at radius 1 is 1.00 bits per heavy atom. The smallest absolute Gasteiger partial charge is 0.303 e. The number of allylic oxidation sites excluding steroid dienone is 4. The molecule has 0 radical (unpaired) electrons. The van der Waals surface area contributed by atoms with Gasteiger partial charge in [0.05, 0.1) is 0 Å². The Hall–Kier alpha value is -1.53. The molecule has 0 aliphatic rings. The molecule has 0 fully saturated rings. The zero-order chi connectivity index (χ0) is 17.2. The van der Waals surface area contributed by atoms with Crippen LogP contribution in [0, 0.1) is 11.8 Å². The van der Waals surface area contributed by atoms with E-state index >= 15 is 0 Å². The van der Waals surface area contributed by atoms with E-state index in [1.54, 1.807) is 0 Å². The molecule has 1 atom stereocenters. The van der Waals surface area contributed by atoms with Crippen LogP contribution in [0.3, 0.4) is 0 Å². The molecule has 0 aliphatic carbocycles. The summed E-state index contributed by atoms with van der Waals surface area (Å²) in [5.74, 6) is 5.03. The largest absolute Gasteiger partial charge is 0.481 e. The lowest BCUT2D eigenvalue weighted by Gasteiger charge is -2.00. The normalized spacial score (nSPS) is 12.4. The number of carboxylic acid groups (broad SMARTS) is 1. The van der Waals surface area contributed by atoms with Crippen LogP contribution in [0.4, 0.5) is 0 Å². The van der Waals surface area contributed by atoms with Crippen LogP contribution in [-0.2, 0) is 4.79 Å². The summed E-state index contributed by atoms with van der Waals surface area (Å²) >= 11 is 0. The second-order valence-corrected chi connectivity index (χ2v) is 5.74. The van der Waals surface area contributed by atoms with Gasteiger partial charge in [0.2, 0.25) is 0 Å². The Labute approximate surface area is 141 Å². The fraction of sp³-hybridized carbons (Fsp3) is 0.650. The number of carbonyl (C=O) groups is 1. The minimum absolute atomic E-state index is 0.253. The molecule has 0 rings (SSSR count). The average Bonchev–Trinajstić information content (AvgIpc) is 2.51. The van der Waals surface area contributed by atoms with Crippen LogP contribution in [-0.4, -0.2) is 22.3 Å². The van der Waals surface area contributed by atoms with Gasteiger partial charge in [-0.25, -0.2) is 0 Å². The van der Waals surface area contributed by atoms with Crippen LogP contribution in [0.25, 0.3) is 0 Å². The van der Waals surface area contributed by atoms with E-state index in [0.29, 0.717) is 0 Å². The second kappa shape index (κ2) is 16.8. The standard InChI is InChI=1S/C20H32O3/c1-2-3-13-16-19(21)17-14-11-9-7-5-4-6-8-10-12-15-18-20(22)23/h8-11,19,21H,2-7,12-13,15-16,18H2,1H3,(H,22,23)/b10-8+,11-9+/t19-/m1/s1. The molecule has 0 aromatic rings. The van der Waals surface area contributed by atoms with E-state index < -0.39 is 12.1 Å². The SMILES string of the molecule is CCCCC[C@@H](O)C#C/C=C/CCCC/C=C/CCCC(=O)O. The van der Waals surface area contributed by atoms with Crippen molar-refractivity contribution < 1.29 is 15.0 Å². The van der Waals surface area contributed by atoms with E-state index in [2.05, 4.69) is 37.0 Å². The Morgan fingerprint density at radius 3 is 2.30 bits per heavy atom. The molecule has 23 heavy (non-hydrogen) atoms. The Balaban J connectivity index is 3.47. The monoisotopic (exact) mass is 320 g/mol. The molecule has 0 heterocycles. The molecule has 0 saturated carbocycles. The predicted molar refractivity (Wildman–Crippen MR) is 96.2 cm³/mol. The van der Waals surface area contributed by atoms with Gasteiger partial charge in [-0.3, -0.25) is 4.79 Å². The highest BCUT2D eigenvalue weighted by atomic mass is 16.4. The van der Waals surface area contributed by atoms with Gasteiger partial charge in [0.1, 0.15) is 6.10 Å².